The molecule has 0 saturated heterocycles. The van der Waals surface area contributed by atoms with E-state index >= 15 is 0 Å². The number of amides is 2. The van der Waals surface area contributed by atoms with Crippen LogP contribution < -0.4 is 23.8 Å². The second-order valence-corrected chi connectivity index (χ2v) is 13.8. The molecule has 3 aromatic carbocycles. The van der Waals surface area contributed by atoms with E-state index in [-0.39, 0.29) is 28.8 Å². The van der Waals surface area contributed by atoms with Crippen molar-refractivity contribution >= 4 is 43.5 Å². The molecule has 0 heterocycles. The van der Waals surface area contributed by atoms with Gasteiger partial charge < -0.3 is 24.4 Å². The second-order valence-electron chi connectivity index (χ2n) is 11.0. The third-order valence-electron chi connectivity index (χ3n) is 6.59. The average Bonchev–Trinajstić information content (AvgIpc) is 2.98. The van der Waals surface area contributed by atoms with Gasteiger partial charge in [0, 0.05) is 22.6 Å². The number of ether oxygens (including phenoxy) is 3. The van der Waals surface area contributed by atoms with Crippen molar-refractivity contribution in [3.05, 3.63) is 76.8 Å². The maximum absolute atomic E-state index is 14.2. The minimum absolute atomic E-state index is 0.0817. The molecule has 3 aromatic rings. The third kappa shape index (κ3) is 8.88. The molecule has 1 N–H and O–H groups in total. The van der Waals surface area contributed by atoms with Crippen LogP contribution >= 0.6 is 15.9 Å². The van der Waals surface area contributed by atoms with Gasteiger partial charge in [0.1, 0.15) is 18.3 Å². The molecule has 0 spiro atoms. The van der Waals surface area contributed by atoms with Crippen LogP contribution in [0.25, 0.3) is 0 Å². The first-order chi connectivity index (χ1) is 20.7. The number of carbonyl (C=O) groups excluding carboxylic acids is 2. The zero-order valence-electron chi connectivity index (χ0n) is 26.1. The van der Waals surface area contributed by atoms with Gasteiger partial charge in [0.05, 0.1) is 31.4 Å². The van der Waals surface area contributed by atoms with Crippen LogP contribution in [0.15, 0.2) is 76.1 Å². The highest BCUT2D eigenvalue weighted by Crippen LogP contribution is 2.33. The van der Waals surface area contributed by atoms with E-state index in [1.807, 2.05) is 52.0 Å². The van der Waals surface area contributed by atoms with Crippen LogP contribution in [0.5, 0.6) is 17.2 Å². The summed E-state index contributed by atoms with van der Waals surface area (Å²) < 4.78 is 46.4. The number of sulfonamides is 1. The van der Waals surface area contributed by atoms with Crippen molar-refractivity contribution in [3.8, 4) is 17.2 Å². The molecule has 238 valence electrons. The van der Waals surface area contributed by atoms with Crippen molar-refractivity contribution in [1.29, 1.82) is 0 Å². The molecule has 3 rings (SSSR count). The van der Waals surface area contributed by atoms with Crippen molar-refractivity contribution in [2.75, 3.05) is 31.7 Å². The predicted octanol–water partition coefficient (Wildman–Crippen LogP) is 5.39. The summed E-state index contributed by atoms with van der Waals surface area (Å²) in [4.78, 5) is 28.7. The Labute approximate surface area is 268 Å². The van der Waals surface area contributed by atoms with Gasteiger partial charge in [-0.1, -0.05) is 28.1 Å². The molecular formula is C32H40BrN3O7S. The Morgan fingerprint density at radius 3 is 2.09 bits per heavy atom. The van der Waals surface area contributed by atoms with Crippen LogP contribution in [-0.2, 0) is 26.2 Å². The van der Waals surface area contributed by atoms with Gasteiger partial charge in [-0.05, 0) is 88.7 Å². The van der Waals surface area contributed by atoms with Crippen LogP contribution in [0.2, 0.25) is 0 Å². The monoisotopic (exact) mass is 689 g/mol. The van der Waals surface area contributed by atoms with Crippen molar-refractivity contribution in [2.24, 2.45) is 0 Å². The van der Waals surface area contributed by atoms with E-state index < -0.39 is 34.1 Å². The first kappa shape index (κ1) is 34.7. The topological polar surface area (TPSA) is 114 Å². The molecule has 1 unspecified atom stereocenters. The largest absolute Gasteiger partial charge is 0.494 e. The van der Waals surface area contributed by atoms with E-state index in [0.29, 0.717) is 18.1 Å². The number of hydrogen-bond donors (Lipinski definition) is 1. The van der Waals surface area contributed by atoms with E-state index in [2.05, 4.69) is 21.2 Å². The highest BCUT2D eigenvalue weighted by atomic mass is 79.9. The number of anilines is 1. The molecule has 0 aliphatic rings. The lowest BCUT2D eigenvalue weighted by atomic mass is 10.1. The number of hydrogen-bond acceptors (Lipinski definition) is 7. The first-order valence-electron chi connectivity index (χ1n) is 14.0. The number of nitrogens with zero attached hydrogens (tertiary/aromatic N) is 2. The maximum atomic E-state index is 14.2. The number of halogens is 1. The van der Waals surface area contributed by atoms with Crippen LogP contribution in [0.4, 0.5) is 5.69 Å². The number of benzene rings is 3. The average molecular weight is 691 g/mol. The molecule has 0 fully saturated rings. The van der Waals surface area contributed by atoms with E-state index in [1.165, 1.54) is 37.3 Å². The van der Waals surface area contributed by atoms with Gasteiger partial charge in [-0.2, -0.15) is 0 Å². The molecule has 12 heteroatoms. The normalized spacial score (nSPS) is 12.2. The Balaban J connectivity index is 2.09. The molecule has 0 aliphatic heterocycles. The summed E-state index contributed by atoms with van der Waals surface area (Å²) in [6.45, 7) is 8.96. The fourth-order valence-corrected chi connectivity index (χ4v) is 6.05. The Kier molecular flexibility index (Phi) is 11.7. The van der Waals surface area contributed by atoms with Crippen LogP contribution in [0.3, 0.4) is 0 Å². The molecule has 0 bridgehead atoms. The highest BCUT2D eigenvalue weighted by molar-refractivity contribution is 9.10. The standard InChI is InChI=1S/C32H40BrN3O7S/c1-8-43-26-15-13-25(14-16-26)36(44(39,40)27-17-18-28(41-6)29(19-27)42-7)21-30(37)35(20-23-9-11-24(33)12-10-23)22(2)31(38)34-32(3,4)5/h9-19,22H,8,20-21H2,1-7H3,(H,34,38). The summed E-state index contributed by atoms with van der Waals surface area (Å²) in [5.74, 6) is 0.196. The van der Waals surface area contributed by atoms with Crippen LogP contribution in [0.1, 0.15) is 40.2 Å². The lowest BCUT2D eigenvalue weighted by molar-refractivity contribution is -0.140. The zero-order valence-corrected chi connectivity index (χ0v) is 28.5. The highest BCUT2D eigenvalue weighted by Gasteiger charge is 2.34. The fourth-order valence-electron chi connectivity index (χ4n) is 4.35. The molecule has 1 atom stereocenters. The van der Waals surface area contributed by atoms with Crippen molar-refractivity contribution in [3.63, 3.8) is 0 Å². The Bertz CT molecular complexity index is 1540. The lowest BCUT2D eigenvalue weighted by Crippen LogP contribution is -2.54. The number of nitrogens with one attached hydrogen (secondary N) is 1. The Morgan fingerprint density at radius 1 is 0.932 bits per heavy atom. The molecule has 10 nitrogen and oxygen atoms in total. The number of rotatable bonds is 13. The van der Waals surface area contributed by atoms with Crippen LogP contribution in [-0.4, -0.2) is 64.1 Å². The first-order valence-corrected chi connectivity index (χ1v) is 16.3. The minimum Gasteiger partial charge on any atom is -0.494 e. The number of carbonyl (C=O) groups is 2. The van der Waals surface area contributed by atoms with Gasteiger partial charge in [-0.15, -0.1) is 0 Å². The smallest absolute Gasteiger partial charge is 0.264 e. The summed E-state index contributed by atoms with van der Waals surface area (Å²) >= 11 is 3.42. The van der Waals surface area contributed by atoms with Gasteiger partial charge in [0.15, 0.2) is 11.5 Å². The molecule has 44 heavy (non-hydrogen) atoms. The van der Waals surface area contributed by atoms with Gasteiger partial charge in [-0.25, -0.2) is 8.42 Å². The lowest BCUT2D eigenvalue weighted by Gasteiger charge is -2.33. The predicted molar refractivity (Wildman–Crippen MR) is 174 cm³/mol. The quantitative estimate of drug-likeness (QED) is 0.256. The summed E-state index contributed by atoms with van der Waals surface area (Å²) in [7, 11) is -1.45. The van der Waals surface area contributed by atoms with Crippen molar-refractivity contribution in [2.45, 2.75) is 57.6 Å². The molecule has 0 aromatic heterocycles. The van der Waals surface area contributed by atoms with E-state index in [4.69, 9.17) is 14.2 Å². The van der Waals surface area contributed by atoms with Gasteiger partial charge in [-0.3, -0.25) is 13.9 Å². The molecule has 0 aliphatic carbocycles. The van der Waals surface area contributed by atoms with Gasteiger partial charge in [0.2, 0.25) is 11.8 Å². The minimum atomic E-state index is -4.32. The van der Waals surface area contributed by atoms with Crippen LogP contribution in [0, 0.1) is 0 Å². The third-order valence-corrected chi connectivity index (χ3v) is 8.89. The van der Waals surface area contributed by atoms with Gasteiger partial charge >= 0.3 is 0 Å². The Morgan fingerprint density at radius 2 is 1.55 bits per heavy atom. The van der Waals surface area contributed by atoms with Crippen molar-refractivity contribution < 1.29 is 32.2 Å². The summed E-state index contributed by atoms with van der Waals surface area (Å²) in [6, 6.07) is 17.1. The fraction of sp³-hybridized carbons (Fsp3) is 0.375. The zero-order chi connectivity index (χ0) is 32.7. The van der Waals surface area contributed by atoms with E-state index in [9.17, 15) is 18.0 Å². The number of methoxy groups -OCH3 is 2. The van der Waals surface area contributed by atoms with E-state index in [1.54, 1.807) is 31.2 Å². The maximum Gasteiger partial charge on any atom is 0.264 e. The molecular weight excluding hydrogens is 650 g/mol. The Hall–Kier alpha value is -3.77. The van der Waals surface area contributed by atoms with Gasteiger partial charge in [0.25, 0.3) is 10.0 Å². The molecule has 0 saturated carbocycles. The summed E-state index contributed by atoms with van der Waals surface area (Å²) in [5, 5.41) is 2.92. The summed E-state index contributed by atoms with van der Waals surface area (Å²) in [5.41, 5.74) is 0.474. The molecule has 2 amide bonds. The second kappa shape index (κ2) is 14.8. The molecule has 0 radical (unpaired) electrons. The van der Waals surface area contributed by atoms with E-state index in [0.717, 1.165) is 14.3 Å². The van der Waals surface area contributed by atoms with Crippen molar-refractivity contribution in [1.82, 2.24) is 10.2 Å². The summed E-state index contributed by atoms with van der Waals surface area (Å²) in [6.07, 6.45) is 0. The SMILES string of the molecule is CCOc1ccc(N(CC(=O)N(Cc2ccc(Br)cc2)C(C)C(=O)NC(C)(C)C)S(=O)(=O)c2ccc(OC)c(OC)c2)cc1.